The molecule has 0 aliphatic carbocycles. The molecule has 0 unspecified atom stereocenters. The number of unbranched alkanes of at least 4 members (excludes halogenated alkanes) is 13. The molecule has 0 radical (unpaired) electrons. The Morgan fingerprint density at radius 3 is 1.10 bits per heavy atom. The van der Waals surface area contributed by atoms with Gasteiger partial charge in [0, 0.05) is 0 Å². The van der Waals surface area contributed by atoms with Crippen LogP contribution in [0.5, 0.6) is 0 Å². The molecule has 0 saturated heterocycles. The summed E-state index contributed by atoms with van der Waals surface area (Å²) in [6.07, 6.45) is 20.7. The average molecular weight is 319 g/mol. The van der Waals surface area contributed by atoms with Gasteiger partial charge in [-0.15, -0.1) is 0 Å². The molecular weight excluding hydrogens is 275 g/mol. The standard InChI is InChI=1S/C19H43OP/c1-5-6-7-8-9-10-11-12-13-14-15-16-17-18-19-21(2,3,4)20/h20H,5-19H2,1-4H3. The van der Waals surface area contributed by atoms with E-state index in [0.717, 1.165) is 6.16 Å². The van der Waals surface area contributed by atoms with Gasteiger partial charge in [-0.3, -0.25) is 0 Å². The van der Waals surface area contributed by atoms with Crippen molar-refractivity contribution < 1.29 is 4.89 Å². The molecule has 0 saturated carbocycles. The van der Waals surface area contributed by atoms with E-state index in [9.17, 15) is 4.89 Å². The van der Waals surface area contributed by atoms with Crippen LogP contribution in [-0.4, -0.2) is 31.0 Å². The first-order chi connectivity index (χ1) is 9.81. The number of rotatable bonds is 15. The molecule has 0 heterocycles. The van der Waals surface area contributed by atoms with E-state index < -0.39 is 6.83 Å². The second-order valence-corrected chi connectivity index (χ2v) is 14.9. The fraction of sp³-hybridized carbons (Fsp3) is 1.00. The van der Waals surface area contributed by atoms with Gasteiger partial charge in [0.25, 0.3) is 0 Å². The summed E-state index contributed by atoms with van der Waals surface area (Å²) >= 11 is 0. The molecule has 0 aliphatic rings. The normalized spacial score (nSPS) is 14.0. The van der Waals surface area contributed by atoms with Crippen LogP contribution in [0.2, 0.25) is 0 Å². The van der Waals surface area contributed by atoms with E-state index in [1.807, 2.05) is 0 Å². The van der Waals surface area contributed by atoms with E-state index >= 15 is 0 Å². The number of hydrogen-bond acceptors (Lipinski definition) is 1. The predicted octanol–water partition coefficient (Wildman–Crippen LogP) is 6.82. The fourth-order valence-corrected chi connectivity index (χ4v) is 4.17. The second-order valence-electron chi connectivity index (χ2n) is 8.35. The Morgan fingerprint density at radius 1 is 0.524 bits per heavy atom. The summed E-state index contributed by atoms with van der Waals surface area (Å²) in [4.78, 5) is 10.2. The molecule has 0 aliphatic heterocycles. The van der Waals surface area contributed by atoms with E-state index in [2.05, 4.69) is 26.9 Å². The van der Waals surface area contributed by atoms with Crippen molar-refractivity contribution in [2.75, 3.05) is 26.2 Å². The zero-order valence-electron chi connectivity index (χ0n) is 15.5. The molecule has 1 N–H and O–H groups in total. The van der Waals surface area contributed by atoms with Crippen LogP contribution in [0.15, 0.2) is 0 Å². The van der Waals surface area contributed by atoms with Crippen LogP contribution in [0.25, 0.3) is 0 Å². The average Bonchev–Trinajstić information content (AvgIpc) is 2.37. The Labute approximate surface area is 135 Å². The van der Waals surface area contributed by atoms with Crippen LogP contribution in [0, 0.1) is 0 Å². The van der Waals surface area contributed by atoms with Gasteiger partial charge in [0.2, 0.25) is 0 Å². The maximum atomic E-state index is 10.2. The van der Waals surface area contributed by atoms with Crippen molar-refractivity contribution in [1.29, 1.82) is 0 Å². The third-order valence-electron chi connectivity index (χ3n) is 4.28. The van der Waals surface area contributed by atoms with Crippen LogP contribution in [-0.2, 0) is 0 Å². The number of hydrogen-bond donors (Lipinski definition) is 1. The van der Waals surface area contributed by atoms with E-state index in [1.54, 1.807) is 0 Å². The molecule has 0 aromatic carbocycles. The van der Waals surface area contributed by atoms with Crippen LogP contribution in [0.3, 0.4) is 0 Å². The molecule has 2 heteroatoms. The van der Waals surface area contributed by atoms with E-state index in [1.165, 1.54) is 89.9 Å². The zero-order valence-corrected chi connectivity index (χ0v) is 16.4. The first-order valence-electron chi connectivity index (χ1n) is 9.56. The van der Waals surface area contributed by atoms with Gasteiger partial charge in [0.1, 0.15) is 0 Å². The zero-order chi connectivity index (χ0) is 16.1. The molecule has 0 atom stereocenters. The minimum atomic E-state index is -2.22. The van der Waals surface area contributed by atoms with Crippen LogP contribution < -0.4 is 0 Å². The fourth-order valence-electron chi connectivity index (χ4n) is 2.85. The summed E-state index contributed by atoms with van der Waals surface area (Å²) in [6, 6.07) is 0. The van der Waals surface area contributed by atoms with Crippen molar-refractivity contribution in [1.82, 2.24) is 0 Å². The molecule has 0 amide bonds. The van der Waals surface area contributed by atoms with E-state index in [4.69, 9.17) is 0 Å². The van der Waals surface area contributed by atoms with Crippen molar-refractivity contribution in [3.8, 4) is 0 Å². The Balaban J connectivity index is 3.10. The first-order valence-corrected chi connectivity index (χ1v) is 13.3. The van der Waals surface area contributed by atoms with Gasteiger partial charge >= 0.3 is 109 Å². The molecule has 1 nitrogen and oxygen atoms in total. The van der Waals surface area contributed by atoms with Crippen molar-refractivity contribution in [3.63, 3.8) is 0 Å². The third kappa shape index (κ3) is 20.4. The molecule has 130 valence electrons. The minimum absolute atomic E-state index is 1.05. The second kappa shape index (κ2) is 11.9. The third-order valence-corrected chi connectivity index (χ3v) is 6.14. The van der Waals surface area contributed by atoms with Gasteiger partial charge in [0.05, 0.1) is 0 Å². The summed E-state index contributed by atoms with van der Waals surface area (Å²) in [5, 5.41) is 0. The van der Waals surface area contributed by atoms with Gasteiger partial charge in [-0.1, -0.05) is 26.2 Å². The van der Waals surface area contributed by atoms with Gasteiger partial charge in [0.15, 0.2) is 0 Å². The van der Waals surface area contributed by atoms with Gasteiger partial charge < -0.3 is 0 Å². The Kier molecular flexibility index (Phi) is 12.1. The van der Waals surface area contributed by atoms with Crippen molar-refractivity contribution in [3.05, 3.63) is 0 Å². The van der Waals surface area contributed by atoms with Crippen LogP contribution >= 0.6 is 6.83 Å². The first kappa shape index (κ1) is 21.4. The summed E-state index contributed by atoms with van der Waals surface area (Å²) in [5.74, 6) is 0. The molecular formula is C19H43OP. The summed E-state index contributed by atoms with van der Waals surface area (Å²) < 4.78 is 0. The molecule has 0 fully saturated rings. The molecule has 0 rings (SSSR count). The quantitative estimate of drug-likeness (QED) is 0.259. The van der Waals surface area contributed by atoms with E-state index in [-0.39, 0.29) is 0 Å². The maximum absolute atomic E-state index is 10.2. The molecule has 0 aromatic rings. The molecule has 21 heavy (non-hydrogen) atoms. The summed E-state index contributed by atoms with van der Waals surface area (Å²) in [5.41, 5.74) is 0. The van der Waals surface area contributed by atoms with Crippen molar-refractivity contribution in [2.45, 2.75) is 96.8 Å². The summed E-state index contributed by atoms with van der Waals surface area (Å²) in [7, 11) is 0. The Bertz CT molecular complexity index is 220. The van der Waals surface area contributed by atoms with Crippen LogP contribution in [0.4, 0.5) is 0 Å². The Morgan fingerprint density at radius 2 is 0.810 bits per heavy atom. The predicted molar refractivity (Wildman–Crippen MR) is 102 cm³/mol. The molecule has 0 bridgehead atoms. The van der Waals surface area contributed by atoms with Gasteiger partial charge in [-0.25, -0.2) is 0 Å². The van der Waals surface area contributed by atoms with Crippen molar-refractivity contribution >= 4 is 6.83 Å². The molecule has 0 aromatic heterocycles. The SMILES string of the molecule is CCCCCCCCCCCCCCCCP(C)(C)(C)O. The van der Waals surface area contributed by atoms with Crippen molar-refractivity contribution in [2.24, 2.45) is 0 Å². The van der Waals surface area contributed by atoms with E-state index in [0.29, 0.717) is 0 Å². The Hall–Kier alpha value is 0.390. The monoisotopic (exact) mass is 318 g/mol. The van der Waals surface area contributed by atoms with Gasteiger partial charge in [-0.05, 0) is 0 Å². The topological polar surface area (TPSA) is 20.2 Å². The van der Waals surface area contributed by atoms with Gasteiger partial charge in [-0.2, -0.15) is 0 Å². The van der Waals surface area contributed by atoms with Crippen LogP contribution in [0.1, 0.15) is 96.8 Å². The summed E-state index contributed by atoms with van der Waals surface area (Å²) in [6.45, 7) is 6.26. The molecule has 0 spiro atoms.